The van der Waals surface area contributed by atoms with Crippen LogP contribution < -0.4 is 24.6 Å². The van der Waals surface area contributed by atoms with Crippen molar-refractivity contribution in [2.75, 3.05) is 43.7 Å². The Bertz CT molecular complexity index is 958. The van der Waals surface area contributed by atoms with Crippen LogP contribution in [0.4, 0.5) is 10.3 Å². The first-order valence-electron chi connectivity index (χ1n) is 11.0. The molecule has 3 heterocycles. The van der Waals surface area contributed by atoms with Crippen LogP contribution in [0.2, 0.25) is 0 Å². The number of benzene rings is 1. The van der Waals surface area contributed by atoms with Crippen LogP contribution in [0, 0.1) is 5.92 Å². The van der Waals surface area contributed by atoms with Gasteiger partial charge >= 0.3 is 0 Å². The maximum absolute atomic E-state index is 12.7. The molecular weight excluding hydrogens is 430 g/mol. The van der Waals surface area contributed by atoms with Gasteiger partial charge in [-0.05, 0) is 37.8 Å². The maximum Gasteiger partial charge on any atom is 0.228 e. The molecule has 32 heavy (non-hydrogen) atoms. The number of piperidine rings is 2. The summed E-state index contributed by atoms with van der Waals surface area (Å²) in [4.78, 5) is 28.8. The number of carbonyl (C=O) groups excluding carboxylic acids is 2. The highest BCUT2D eigenvalue weighted by Gasteiger charge is 2.28. The zero-order valence-corrected chi connectivity index (χ0v) is 19.3. The number of rotatable bonds is 7. The zero-order valence-electron chi connectivity index (χ0n) is 18.5. The quantitative estimate of drug-likeness (QED) is 0.680. The van der Waals surface area contributed by atoms with Crippen LogP contribution >= 0.6 is 11.3 Å². The SMILES string of the molecule is COc1ccc(CNC(=O)C2CCN(c3nnc(N4CCCCC4=O)s3)CC2)c(OC)c1. The number of amides is 2. The maximum atomic E-state index is 12.7. The van der Waals surface area contributed by atoms with Gasteiger partial charge in [-0.2, -0.15) is 0 Å². The van der Waals surface area contributed by atoms with Crippen molar-refractivity contribution in [3.8, 4) is 11.5 Å². The highest BCUT2D eigenvalue weighted by molar-refractivity contribution is 7.19. The van der Waals surface area contributed by atoms with Crippen LogP contribution in [-0.2, 0) is 16.1 Å². The fourth-order valence-electron chi connectivity index (χ4n) is 4.11. The van der Waals surface area contributed by atoms with E-state index >= 15 is 0 Å². The van der Waals surface area contributed by atoms with E-state index in [0.29, 0.717) is 36.1 Å². The standard InChI is InChI=1S/C22H29N5O4S/c1-30-17-7-6-16(18(13-17)31-2)14-23-20(29)15-8-11-26(12-9-15)21-24-25-22(32-21)27-10-4-3-5-19(27)28/h6-7,13,15H,3-5,8-12,14H2,1-2H3,(H,23,29). The average Bonchev–Trinajstić information content (AvgIpc) is 3.33. The lowest BCUT2D eigenvalue weighted by molar-refractivity contribution is -0.125. The lowest BCUT2D eigenvalue weighted by Crippen LogP contribution is -2.40. The average molecular weight is 460 g/mol. The van der Waals surface area contributed by atoms with E-state index in [2.05, 4.69) is 20.4 Å². The molecule has 1 N–H and O–H groups in total. The highest BCUT2D eigenvalue weighted by atomic mass is 32.1. The normalized spacial score (nSPS) is 17.4. The number of ether oxygens (including phenoxy) is 2. The van der Waals surface area contributed by atoms with Gasteiger partial charge in [-0.3, -0.25) is 14.5 Å². The van der Waals surface area contributed by atoms with Gasteiger partial charge in [0.2, 0.25) is 22.1 Å². The smallest absolute Gasteiger partial charge is 0.228 e. The van der Waals surface area contributed by atoms with Crippen LogP contribution in [-0.4, -0.2) is 55.9 Å². The van der Waals surface area contributed by atoms with Gasteiger partial charge in [-0.25, -0.2) is 0 Å². The van der Waals surface area contributed by atoms with Crippen LogP contribution in [0.15, 0.2) is 18.2 Å². The second kappa shape index (κ2) is 10.2. The molecule has 0 spiro atoms. The van der Waals surface area contributed by atoms with Crippen LogP contribution in [0.25, 0.3) is 0 Å². The second-order valence-electron chi connectivity index (χ2n) is 8.03. The third-order valence-electron chi connectivity index (χ3n) is 6.04. The van der Waals surface area contributed by atoms with Crippen molar-refractivity contribution in [1.82, 2.24) is 15.5 Å². The number of aromatic nitrogens is 2. The van der Waals surface area contributed by atoms with E-state index in [9.17, 15) is 9.59 Å². The topological polar surface area (TPSA) is 96.9 Å². The number of anilines is 2. The fraction of sp³-hybridized carbons (Fsp3) is 0.545. The van der Waals surface area contributed by atoms with Gasteiger partial charge in [0.25, 0.3) is 0 Å². The first-order valence-corrected chi connectivity index (χ1v) is 11.8. The summed E-state index contributed by atoms with van der Waals surface area (Å²) in [5.74, 6) is 1.56. The van der Waals surface area contributed by atoms with Crippen molar-refractivity contribution >= 4 is 33.4 Å². The Kier molecular flexibility index (Phi) is 7.09. The number of nitrogens with zero attached hydrogens (tertiary/aromatic N) is 4. The monoisotopic (exact) mass is 459 g/mol. The van der Waals surface area contributed by atoms with Crippen molar-refractivity contribution in [1.29, 1.82) is 0 Å². The van der Waals surface area contributed by atoms with Gasteiger partial charge in [0.15, 0.2) is 0 Å². The Balaban J connectivity index is 1.28. The van der Waals surface area contributed by atoms with Crippen molar-refractivity contribution in [3.05, 3.63) is 23.8 Å². The molecule has 10 heteroatoms. The van der Waals surface area contributed by atoms with Crippen molar-refractivity contribution in [2.24, 2.45) is 5.92 Å². The van der Waals surface area contributed by atoms with Crippen molar-refractivity contribution in [3.63, 3.8) is 0 Å². The summed E-state index contributed by atoms with van der Waals surface area (Å²) in [6.07, 6.45) is 4.04. The summed E-state index contributed by atoms with van der Waals surface area (Å²) < 4.78 is 10.6. The fourth-order valence-corrected chi connectivity index (χ4v) is 5.05. The Hall–Kier alpha value is -2.88. The molecule has 2 amide bonds. The predicted molar refractivity (Wildman–Crippen MR) is 122 cm³/mol. The zero-order chi connectivity index (χ0) is 22.5. The van der Waals surface area contributed by atoms with E-state index in [-0.39, 0.29) is 17.7 Å². The molecule has 4 rings (SSSR count). The van der Waals surface area contributed by atoms with Crippen LogP contribution in [0.3, 0.4) is 0 Å². The molecule has 0 radical (unpaired) electrons. The largest absolute Gasteiger partial charge is 0.497 e. The molecule has 0 saturated carbocycles. The molecule has 0 aliphatic carbocycles. The third-order valence-corrected chi connectivity index (χ3v) is 7.05. The first kappa shape index (κ1) is 22.3. The molecule has 2 aliphatic rings. The minimum absolute atomic E-state index is 0.0356. The number of carbonyl (C=O) groups is 2. The van der Waals surface area contributed by atoms with Gasteiger partial charge in [0.05, 0.1) is 14.2 Å². The molecule has 1 aromatic carbocycles. The molecule has 2 aliphatic heterocycles. The van der Waals surface area contributed by atoms with Gasteiger partial charge in [-0.15, -0.1) is 10.2 Å². The lowest BCUT2D eigenvalue weighted by Gasteiger charge is -2.30. The third kappa shape index (κ3) is 4.95. The van der Waals surface area contributed by atoms with Crippen LogP contribution in [0.1, 0.15) is 37.7 Å². The Labute approximate surface area is 191 Å². The number of hydrogen-bond donors (Lipinski definition) is 1. The highest BCUT2D eigenvalue weighted by Crippen LogP contribution is 2.32. The van der Waals surface area contributed by atoms with E-state index in [1.54, 1.807) is 19.1 Å². The molecule has 0 atom stereocenters. The van der Waals surface area contributed by atoms with E-state index in [0.717, 1.165) is 49.5 Å². The van der Waals surface area contributed by atoms with E-state index in [4.69, 9.17) is 9.47 Å². The molecule has 0 unspecified atom stereocenters. The Morgan fingerprint density at radius 1 is 1.12 bits per heavy atom. The minimum atomic E-state index is -0.0356. The molecular formula is C22H29N5O4S. The summed E-state index contributed by atoms with van der Waals surface area (Å²) in [6, 6.07) is 5.57. The van der Waals surface area contributed by atoms with Gasteiger partial charge in [-0.1, -0.05) is 11.3 Å². The summed E-state index contributed by atoms with van der Waals surface area (Å²) in [7, 11) is 3.22. The molecule has 1 aromatic heterocycles. The minimum Gasteiger partial charge on any atom is -0.497 e. The number of hydrogen-bond acceptors (Lipinski definition) is 8. The summed E-state index contributed by atoms with van der Waals surface area (Å²) in [6.45, 7) is 2.61. The summed E-state index contributed by atoms with van der Waals surface area (Å²) in [5, 5.41) is 13.1. The Morgan fingerprint density at radius 2 is 1.91 bits per heavy atom. The molecule has 2 aromatic rings. The molecule has 9 nitrogen and oxygen atoms in total. The molecule has 2 fully saturated rings. The molecule has 172 valence electrons. The van der Waals surface area contributed by atoms with E-state index in [1.165, 1.54) is 11.3 Å². The van der Waals surface area contributed by atoms with E-state index in [1.807, 2.05) is 18.2 Å². The second-order valence-corrected chi connectivity index (χ2v) is 8.96. The Morgan fingerprint density at radius 3 is 2.62 bits per heavy atom. The van der Waals surface area contributed by atoms with E-state index < -0.39 is 0 Å². The summed E-state index contributed by atoms with van der Waals surface area (Å²) >= 11 is 1.46. The van der Waals surface area contributed by atoms with Gasteiger partial charge in [0.1, 0.15) is 11.5 Å². The number of nitrogens with one attached hydrogen (secondary N) is 1. The molecule has 2 saturated heterocycles. The first-order chi connectivity index (χ1) is 15.6. The van der Waals surface area contributed by atoms with Crippen LogP contribution in [0.5, 0.6) is 11.5 Å². The number of methoxy groups -OCH3 is 2. The summed E-state index contributed by atoms with van der Waals surface area (Å²) in [5.41, 5.74) is 0.910. The van der Waals surface area contributed by atoms with Gasteiger partial charge in [0, 0.05) is 50.1 Å². The van der Waals surface area contributed by atoms with Crippen molar-refractivity contribution in [2.45, 2.75) is 38.6 Å². The lowest BCUT2D eigenvalue weighted by atomic mass is 9.96. The van der Waals surface area contributed by atoms with Gasteiger partial charge < -0.3 is 19.7 Å². The predicted octanol–water partition coefficient (Wildman–Crippen LogP) is 2.61. The van der Waals surface area contributed by atoms with Crippen molar-refractivity contribution < 1.29 is 19.1 Å². The molecule has 0 bridgehead atoms.